The molecule has 9 nitrogen and oxygen atoms in total. The summed E-state index contributed by atoms with van der Waals surface area (Å²) < 4.78 is 69.6. The predicted octanol–water partition coefficient (Wildman–Crippen LogP) is 5.49. The number of rotatable bonds is 13. The van der Waals surface area contributed by atoms with Crippen molar-refractivity contribution in [3.63, 3.8) is 0 Å². The van der Waals surface area contributed by atoms with Crippen LogP contribution in [0.1, 0.15) is 31.4 Å². The van der Waals surface area contributed by atoms with Crippen molar-refractivity contribution in [2.45, 2.75) is 50.2 Å². The molecule has 2 unspecified atom stereocenters. The third-order valence-corrected chi connectivity index (χ3v) is 9.84. The molecule has 1 aliphatic rings. The first-order valence-electron chi connectivity index (χ1n) is 15.6. The molecule has 1 N–H and O–H groups in total. The van der Waals surface area contributed by atoms with Gasteiger partial charge in [-0.2, -0.15) is 0 Å². The summed E-state index contributed by atoms with van der Waals surface area (Å²) in [5.41, 5.74) is 0.893. The number of halogens is 2. The summed E-state index contributed by atoms with van der Waals surface area (Å²) in [6, 6.07) is 22.3. The molecule has 48 heavy (non-hydrogen) atoms. The van der Waals surface area contributed by atoms with Crippen molar-refractivity contribution in [3.05, 3.63) is 120 Å². The number of nitrogens with one attached hydrogen (secondary N) is 1. The van der Waals surface area contributed by atoms with Crippen LogP contribution < -0.4 is 19.1 Å². The Morgan fingerprint density at radius 1 is 0.875 bits per heavy atom. The lowest BCUT2D eigenvalue weighted by molar-refractivity contribution is -0.140. The number of benzene rings is 4. The molecule has 5 rings (SSSR count). The Balaban J connectivity index is 1.58. The molecule has 1 heterocycles. The minimum absolute atomic E-state index is 0.00847. The summed E-state index contributed by atoms with van der Waals surface area (Å²) in [5, 5.41) is 2.94. The zero-order valence-corrected chi connectivity index (χ0v) is 27.5. The molecule has 0 spiro atoms. The monoisotopic (exact) mass is 677 g/mol. The summed E-state index contributed by atoms with van der Waals surface area (Å²) in [6.45, 7) is 3.17. The molecule has 0 saturated carbocycles. The topological polar surface area (TPSA) is 105 Å². The van der Waals surface area contributed by atoms with Crippen LogP contribution in [0.3, 0.4) is 0 Å². The fourth-order valence-electron chi connectivity index (χ4n) is 5.25. The van der Waals surface area contributed by atoms with Crippen LogP contribution in [-0.4, -0.2) is 57.0 Å². The smallest absolute Gasteiger partial charge is 0.264 e. The summed E-state index contributed by atoms with van der Waals surface area (Å²) in [4.78, 5) is 29.4. The highest BCUT2D eigenvalue weighted by Crippen LogP contribution is 2.34. The molecule has 252 valence electrons. The average Bonchev–Trinajstić information content (AvgIpc) is 3.09. The maximum absolute atomic E-state index is 15.1. The maximum Gasteiger partial charge on any atom is 0.264 e. The van der Waals surface area contributed by atoms with E-state index in [1.54, 1.807) is 18.2 Å². The molecular formula is C36H37F2N3O6S. The van der Waals surface area contributed by atoms with Crippen LogP contribution in [0.4, 0.5) is 14.5 Å². The van der Waals surface area contributed by atoms with Crippen molar-refractivity contribution in [2.75, 3.05) is 24.1 Å². The van der Waals surface area contributed by atoms with E-state index in [9.17, 15) is 22.4 Å². The van der Waals surface area contributed by atoms with Crippen molar-refractivity contribution in [1.29, 1.82) is 0 Å². The number of hydrogen-bond donors (Lipinski definition) is 1. The fraction of sp³-hybridized carbons (Fsp3) is 0.278. The molecule has 2 amide bonds. The molecule has 2 atom stereocenters. The van der Waals surface area contributed by atoms with Crippen LogP contribution in [0.2, 0.25) is 0 Å². The Morgan fingerprint density at radius 2 is 1.54 bits per heavy atom. The van der Waals surface area contributed by atoms with Crippen LogP contribution in [0, 0.1) is 11.6 Å². The van der Waals surface area contributed by atoms with Crippen molar-refractivity contribution in [3.8, 4) is 11.5 Å². The van der Waals surface area contributed by atoms with E-state index in [1.165, 1.54) is 53.4 Å². The van der Waals surface area contributed by atoms with E-state index < -0.39 is 46.1 Å². The largest absolute Gasteiger partial charge is 0.486 e. The highest BCUT2D eigenvalue weighted by atomic mass is 32.2. The number of carbonyl (C=O) groups excluding carboxylic acids is 2. The molecular weight excluding hydrogens is 640 g/mol. The van der Waals surface area contributed by atoms with Crippen molar-refractivity contribution >= 4 is 27.5 Å². The molecule has 4 aromatic carbocycles. The van der Waals surface area contributed by atoms with E-state index in [2.05, 4.69) is 5.32 Å². The normalized spacial score (nSPS) is 13.7. The van der Waals surface area contributed by atoms with Gasteiger partial charge in [0, 0.05) is 30.6 Å². The zero-order chi connectivity index (χ0) is 34.3. The lowest BCUT2D eigenvalue weighted by Gasteiger charge is -2.34. The number of carbonyl (C=O) groups is 2. The van der Waals surface area contributed by atoms with Gasteiger partial charge >= 0.3 is 0 Å². The molecule has 12 heteroatoms. The SMILES string of the molecule is CCC(C)NC(=O)C(Cc1ccccc1)N(Cc1ccccc1F)C(=O)CN(c1ccc(F)cc1)S(=O)(=O)c1ccc2c(c1)OCCO2. The first kappa shape index (κ1) is 34.4. The van der Waals surface area contributed by atoms with E-state index in [-0.39, 0.29) is 47.5 Å². The van der Waals surface area contributed by atoms with Crippen LogP contribution in [-0.2, 0) is 32.6 Å². The van der Waals surface area contributed by atoms with Crippen molar-refractivity contribution < 1.29 is 36.3 Å². The lowest BCUT2D eigenvalue weighted by atomic mass is 10.0. The third-order valence-electron chi connectivity index (χ3n) is 8.07. The van der Waals surface area contributed by atoms with Gasteiger partial charge in [0.05, 0.1) is 10.6 Å². The van der Waals surface area contributed by atoms with Crippen LogP contribution in [0.25, 0.3) is 0 Å². The highest BCUT2D eigenvalue weighted by Gasteiger charge is 2.35. The van der Waals surface area contributed by atoms with E-state index in [0.29, 0.717) is 18.8 Å². The number of nitrogens with zero attached hydrogens (tertiary/aromatic N) is 2. The van der Waals surface area contributed by atoms with Crippen molar-refractivity contribution in [1.82, 2.24) is 10.2 Å². The third kappa shape index (κ3) is 8.11. The Kier molecular flexibility index (Phi) is 10.9. The van der Waals surface area contributed by atoms with Gasteiger partial charge in [0.2, 0.25) is 11.8 Å². The first-order valence-corrected chi connectivity index (χ1v) is 17.1. The molecule has 0 radical (unpaired) electrons. The number of ether oxygens (including phenoxy) is 2. The van der Waals surface area contributed by atoms with Crippen LogP contribution in [0.15, 0.2) is 102 Å². The Labute approximate surface area is 279 Å². The molecule has 0 fully saturated rings. The van der Waals surface area contributed by atoms with Gasteiger partial charge in [0.15, 0.2) is 11.5 Å². The molecule has 0 aliphatic carbocycles. The van der Waals surface area contributed by atoms with Gasteiger partial charge in [-0.3, -0.25) is 13.9 Å². The first-order chi connectivity index (χ1) is 23.1. The number of hydrogen-bond acceptors (Lipinski definition) is 6. The van der Waals surface area contributed by atoms with Gasteiger partial charge in [0.1, 0.15) is 37.4 Å². The summed E-state index contributed by atoms with van der Waals surface area (Å²) in [6.07, 6.45) is 0.700. The van der Waals surface area contributed by atoms with Gasteiger partial charge in [-0.05, 0) is 61.4 Å². The van der Waals surface area contributed by atoms with E-state index in [1.807, 2.05) is 32.0 Å². The molecule has 0 aromatic heterocycles. The molecule has 4 aromatic rings. The molecule has 0 saturated heterocycles. The second kappa shape index (κ2) is 15.3. The minimum Gasteiger partial charge on any atom is -0.486 e. The maximum atomic E-state index is 15.1. The Hall–Kier alpha value is -4.97. The average molecular weight is 678 g/mol. The van der Waals surface area contributed by atoms with E-state index in [4.69, 9.17) is 9.47 Å². The zero-order valence-electron chi connectivity index (χ0n) is 26.6. The molecule has 0 bridgehead atoms. The molecule has 1 aliphatic heterocycles. The van der Waals surface area contributed by atoms with Gasteiger partial charge in [-0.15, -0.1) is 0 Å². The van der Waals surface area contributed by atoms with E-state index in [0.717, 1.165) is 22.0 Å². The van der Waals surface area contributed by atoms with Gasteiger partial charge in [-0.25, -0.2) is 17.2 Å². The highest BCUT2D eigenvalue weighted by molar-refractivity contribution is 7.92. The van der Waals surface area contributed by atoms with Gasteiger partial charge < -0.3 is 19.7 Å². The lowest BCUT2D eigenvalue weighted by Crippen LogP contribution is -2.54. The van der Waals surface area contributed by atoms with Crippen LogP contribution in [0.5, 0.6) is 11.5 Å². The second-order valence-electron chi connectivity index (χ2n) is 11.4. The predicted molar refractivity (Wildman–Crippen MR) is 177 cm³/mol. The number of anilines is 1. The van der Waals surface area contributed by atoms with Crippen molar-refractivity contribution in [2.24, 2.45) is 0 Å². The fourth-order valence-corrected chi connectivity index (χ4v) is 6.68. The Morgan fingerprint density at radius 3 is 2.23 bits per heavy atom. The minimum atomic E-state index is -4.48. The van der Waals surface area contributed by atoms with Gasteiger partial charge in [-0.1, -0.05) is 55.5 Å². The van der Waals surface area contributed by atoms with E-state index >= 15 is 4.39 Å². The number of amides is 2. The quantitative estimate of drug-likeness (QED) is 0.201. The number of sulfonamides is 1. The Bertz CT molecular complexity index is 1840. The summed E-state index contributed by atoms with van der Waals surface area (Å²) in [5.74, 6) is -1.84. The van der Waals surface area contributed by atoms with Gasteiger partial charge in [0.25, 0.3) is 10.0 Å². The van der Waals surface area contributed by atoms with Crippen LogP contribution >= 0.6 is 0 Å². The second-order valence-corrected chi connectivity index (χ2v) is 13.3. The standard InChI is InChI=1S/C36H37F2N3O6S/c1-3-25(2)39-36(43)32(21-26-9-5-4-6-10-26)40(23-27-11-7-8-12-31(27)38)35(42)24-41(29-15-13-28(37)14-16-29)48(44,45)30-17-18-33-34(22-30)47-20-19-46-33/h4-18,22,25,32H,3,19-21,23-24H2,1-2H3,(H,39,43). The number of fused-ring (bicyclic) bond motifs is 1. The summed E-state index contributed by atoms with van der Waals surface area (Å²) >= 11 is 0. The summed E-state index contributed by atoms with van der Waals surface area (Å²) in [7, 11) is -4.48.